The van der Waals surface area contributed by atoms with Crippen molar-refractivity contribution in [3.63, 3.8) is 0 Å². The van der Waals surface area contributed by atoms with E-state index in [1.165, 1.54) is 24.3 Å². The lowest BCUT2D eigenvalue weighted by Crippen LogP contribution is -2.16. The zero-order chi connectivity index (χ0) is 35.4. The van der Waals surface area contributed by atoms with Gasteiger partial charge >= 0.3 is 0 Å². The molecule has 0 radical (unpaired) electrons. The lowest BCUT2D eigenvalue weighted by Gasteiger charge is -2.26. The van der Waals surface area contributed by atoms with Gasteiger partial charge in [0.25, 0.3) is 0 Å². The smallest absolute Gasteiger partial charge is 0.135 e. The monoisotopic (exact) mass is 680 g/mol. The van der Waals surface area contributed by atoms with Gasteiger partial charge in [-0.25, -0.2) is 0 Å². The number of phenolic OH excluding ortho intramolecular Hbond substituents is 7. The molecule has 6 aromatic rings. The number of hydrogen-bond donors (Lipinski definition) is 7. The molecule has 0 unspecified atom stereocenters. The summed E-state index contributed by atoms with van der Waals surface area (Å²) in [5.74, 6) is -0.301. The normalized spacial score (nSPS) is 19.0. The minimum absolute atomic E-state index is 0.0368. The number of aromatic hydroxyl groups is 7. The highest BCUT2D eigenvalue weighted by Gasteiger charge is 2.45. The van der Waals surface area contributed by atoms with Crippen LogP contribution < -0.4 is 9.47 Å². The molecular formula is C42H32O9. The maximum absolute atomic E-state index is 11.2. The zero-order valence-corrected chi connectivity index (χ0v) is 26.9. The van der Waals surface area contributed by atoms with Gasteiger partial charge in [-0.2, -0.15) is 0 Å². The maximum atomic E-state index is 11.2. The van der Waals surface area contributed by atoms with Gasteiger partial charge in [-0.1, -0.05) is 42.5 Å². The summed E-state index contributed by atoms with van der Waals surface area (Å²) < 4.78 is 13.3. The number of rotatable bonds is 6. The van der Waals surface area contributed by atoms with Crippen LogP contribution in [0, 0.1) is 0 Å². The molecule has 0 saturated carbocycles. The number of phenols is 7. The second-order valence-electron chi connectivity index (χ2n) is 12.9. The summed E-state index contributed by atoms with van der Waals surface area (Å²) in [6, 6.07) is 31.1. The van der Waals surface area contributed by atoms with Crippen molar-refractivity contribution < 1.29 is 45.2 Å². The van der Waals surface area contributed by atoms with Gasteiger partial charge in [-0.15, -0.1) is 0 Å². The fourth-order valence-electron chi connectivity index (χ4n) is 7.29. The first-order valence-corrected chi connectivity index (χ1v) is 16.3. The molecule has 4 atom stereocenters. The molecule has 0 aliphatic carbocycles. The van der Waals surface area contributed by atoms with Crippen molar-refractivity contribution in [2.75, 3.05) is 0 Å². The van der Waals surface area contributed by atoms with Crippen molar-refractivity contribution in [1.29, 1.82) is 0 Å². The molecule has 254 valence electrons. The average molecular weight is 681 g/mol. The van der Waals surface area contributed by atoms with Gasteiger partial charge in [-0.3, -0.25) is 0 Å². The van der Waals surface area contributed by atoms with Crippen molar-refractivity contribution in [3.8, 4) is 51.7 Å². The SMILES string of the molecule is Oc1ccc([C@H]2Oc3ccc(/C=C\c4cc(O)cc(O)c4)cc3[C@@H]2c2cc(O)cc3c2[C@H](c2cc(O)cc(O)c2)[C@@H](c2ccc(O)cc2)O3)cc1. The van der Waals surface area contributed by atoms with Crippen molar-refractivity contribution in [2.24, 2.45) is 0 Å². The molecule has 0 fully saturated rings. The van der Waals surface area contributed by atoms with E-state index in [4.69, 9.17) is 9.47 Å². The van der Waals surface area contributed by atoms with Crippen LogP contribution in [0.1, 0.15) is 68.6 Å². The number of ether oxygens (including phenoxy) is 2. The van der Waals surface area contributed by atoms with Gasteiger partial charge in [0.05, 0.1) is 11.8 Å². The van der Waals surface area contributed by atoms with Gasteiger partial charge in [0.2, 0.25) is 0 Å². The molecule has 2 aliphatic heterocycles. The van der Waals surface area contributed by atoms with E-state index in [0.717, 1.165) is 27.8 Å². The molecule has 0 amide bonds. The predicted molar refractivity (Wildman–Crippen MR) is 190 cm³/mol. The summed E-state index contributed by atoms with van der Waals surface area (Å²) in [5, 5.41) is 72.5. The molecule has 8 rings (SSSR count). The summed E-state index contributed by atoms with van der Waals surface area (Å²) in [4.78, 5) is 0. The molecule has 0 spiro atoms. The standard InChI is InChI=1S/C42H32O9/c43-27-8-4-24(5-9-27)41-38(26-16-31(47)19-32(48)17-26)40-35(20-33(49)21-37(40)51-41)39-34-15-22(1-2-23-13-29(45)18-30(46)14-23)3-12-36(34)50-42(39)25-6-10-28(44)11-7-25/h1-21,38-39,41-49H/b2-1-/t38-,39+,41+,42+/m0/s1. The summed E-state index contributed by atoms with van der Waals surface area (Å²) in [6.45, 7) is 0. The molecule has 9 heteroatoms. The highest BCUT2D eigenvalue weighted by molar-refractivity contribution is 5.73. The van der Waals surface area contributed by atoms with Crippen LogP contribution >= 0.6 is 0 Å². The molecule has 0 aromatic heterocycles. The van der Waals surface area contributed by atoms with E-state index in [0.29, 0.717) is 28.2 Å². The summed E-state index contributed by atoms with van der Waals surface area (Å²) >= 11 is 0. The van der Waals surface area contributed by atoms with Crippen molar-refractivity contribution in [2.45, 2.75) is 24.0 Å². The van der Waals surface area contributed by atoms with Crippen molar-refractivity contribution in [3.05, 3.63) is 160 Å². The van der Waals surface area contributed by atoms with E-state index in [2.05, 4.69) is 0 Å². The van der Waals surface area contributed by atoms with Gasteiger partial charge in [-0.05, 0) is 100 Å². The summed E-state index contributed by atoms with van der Waals surface area (Å²) in [5.41, 5.74) is 5.70. The highest BCUT2D eigenvalue weighted by Crippen LogP contribution is 2.59. The number of fused-ring (bicyclic) bond motifs is 2. The van der Waals surface area contributed by atoms with Crippen LogP contribution in [0.3, 0.4) is 0 Å². The van der Waals surface area contributed by atoms with Crippen LogP contribution in [-0.2, 0) is 0 Å². The molecule has 2 aliphatic rings. The molecular weight excluding hydrogens is 648 g/mol. The minimum atomic E-state index is -0.663. The van der Waals surface area contributed by atoms with Crippen LogP contribution in [-0.4, -0.2) is 35.7 Å². The third-order valence-electron chi connectivity index (χ3n) is 9.41. The lowest BCUT2D eigenvalue weighted by atomic mass is 9.76. The molecule has 0 bridgehead atoms. The number of hydrogen-bond acceptors (Lipinski definition) is 9. The summed E-state index contributed by atoms with van der Waals surface area (Å²) in [7, 11) is 0. The van der Waals surface area contributed by atoms with E-state index < -0.39 is 24.0 Å². The van der Waals surface area contributed by atoms with E-state index in [-0.39, 0.29) is 40.2 Å². The third kappa shape index (κ3) is 5.95. The topological polar surface area (TPSA) is 160 Å². The van der Waals surface area contributed by atoms with Gasteiger partial charge in [0, 0.05) is 29.3 Å². The Morgan fingerprint density at radius 2 is 0.882 bits per heavy atom. The lowest BCUT2D eigenvalue weighted by molar-refractivity contribution is 0.220. The second-order valence-corrected chi connectivity index (χ2v) is 12.9. The van der Waals surface area contributed by atoms with Crippen molar-refractivity contribution >= 4 is 12.2 Å². The van der Waals surface area contributed by atoms with Crippen LogP contribution in [0.2, 0.25) is 0 Å². The Morgan fingerprint density at radius 1 is 0.373 bits per heavy atom. The van der Waals surface area contributed by atoms with E-state index in [9.17, 15) is 35.7 Å². The molecule has 9 nitrogen and oxygen atoms in total. The first-order chi connectivity index (χ1) is 24.6. The number of benzene rings is 6. The molecule has 51 heavy (non-hydrogen) atoms. The fourth-order valence-corrected chi connectivity index (χ4v) is 7.29. The fraction of sp³-hybridized carbons (Fsp3) is 0.0952. The van der Waals surface area contributed by atoms with E-state index in [1.54, 1.807) is 78.9 Å². The van der Waals surface area contributed by atoms with Gasteiger partial charge in [0.1, 0.15) is 64.0 Å². The van der Waals surface area contributed by atoms with E-state index >= 15 is 0 Å². The van der Waals surface area contributed by atoms with Gasteiger partial charge < -0.3 is 45.2 Å². The predicted octanol–water partition coefficient (Wildman–Crippen LogP) is 8.33. The largest absolute Gasteiger partial charge is 0.508 e. The Kier molecular flexibility index (Phi) is 7.60. The molecule has 2 heterocycles. The van der Waals surface area contributed by atoms with Crippen LogP contribution in [0.5, 0.6) is 51.7 Å². The average Bonchev–Trinajstić information content (AvgIpc) is 3.66. The Bertz CT molecular complexity index is 2270. The van der Waals surface area contributed by atoms with Crippen LogP contribution in [0.4, 0.5) is 0 Å². The Labute approximate surface area is 292 Å². The molecule has 6 aromatic carbocycles. The van der Waals surface area contributed by atoms with Crippen molar-refractivity contribution in [1.82, 2.24) is 0 Å². The first-order valence-electron chi connectivity index (χ1n) is 16.3. The molecule has 0 saturated heterocycles. The third-order valence-corrected chi connectivity index (χ3v) is 9.41. The quantitative estimate of drug-likeness (QED) is 0.0858. The Hall–Kier alpha value is -6.74. The van der Waals surface area contributed by atoms with Crippen LogP contribution in [0.25, 0.3) is 12.2 Å². The zero-order valence-electron chi connectivity index (χ0n) is 26.9. The maximum Gasteiger partial charge on any atom is 0.135 e. The Balaban J connectivity index is 1.32. The highest BCUT2D eigenvalue weighted by atomic mass is 16.5. The van der Waals surface area contributed by atoms with E-state index in [1.807, 2.05) is 24.3 Å². The van der Waals surface area contributed by atoms with Gasteiger partial charge in [0.15, 0.2) is 0 Å². The first kappa shape index (κ1) is 31.5. The Morgan fingerprint density at radius 3 is 1.49 bits per heavy atom. The van der Waals surface area contributed by atoms with Crippen LogP contribution in [0.15, 0.2) is 115 Å². The molecule has 7 N–H and O–H groups in total. The second kappa shape index (κ2) is 12.3. The minimum Gasteiger partial charge on any atom is -0.508 e. The summed E-state index contributed by atoms with van der Waals surface area (Å²) in [6.07, 6.45) is 2.37.